The number of hydrogen-bond donors (Lipinski definition) is 2. The van der Waals surface area contributed by atoms with Crippen molar-refractivity contribution in [3.8, 4) is 11.8 Å². The molecule has 2 N–H and O–H groups in total. The molecule has 0 unspecified atom stereocenters. The fourth-order valence-corrected chi connectivity index (χ4v) is 2.98. The van der Waals surface area contributed by atoms with Crippen molar-refractivity contribution in [3.63, 3.8) is 0 Å². The van der Waals surface area contributed by atoms with E-state index in [0.29, 0.717) is 30.1 Å². The average molecular weight is 373 g/mol. The van der Waals surface area contributed by atoms with Gasteiger partial charge in [-0.15, -0.1) is 0 Å². The number of nitrogens with one attached hydrogen (secondary N) is 2. The van der Waals surface area contributed by atoms with Crippen molar-refractivity contribution in [1.82, 2.24) is 25.4 Å². The van der Waals surface area contributed by atoms with E-state index in [1.807, 2.05) is 13.8 Å². The number of aromatic nitrogens is 3. The lowest BCUT2D eigenvalue weighted by Crippen LogP contribution is -2.36. The average Bonchev–Trinajstić information content (AvgIpc) is 3.19. The minimum Gasteiger partial charge on any atom is -0.481 e. The van der Waals surface area contributed by atoms with Crippen LogP contribution in [0, 0.1) is 0 Å². The third-order valence-corrected chi connectivity index (χ3v) is 4.18. The van der Waals surface area contributed by atoms with Gasteiger partial charge in [0.1, 0.15) is 11.3 Å². The van der Waals surface area contributed by atoms with E-state index in [0.717, 1.165) is 5.69 Å². The monoisotopic (exact) mass is 373 g/mol. The Morgan fingerprint density at radius 1 is 1.22 bits per heavy atom. The predicted molar refractivity (Wildman–Crippen MR) is 97.1 cm³/mol. The van der Waals surface area contributed by atoms with Gasteiger partial charge < -0.3 is 20.1 Å². The van der Waals surface area contributed by atoms with E-state index in [1.165, 1.54) is 14.2 Å². The number of fused-ring (bicyclic) bond motifs is 1. The van der Waals surface area contributed by atoms with Gasteiger partial charge in [0.05, 0.1) is 26.8 Å². The quantitative estimate of drug-likeness (QED) is 0.775. The van der Waals surface area contributed by atoms with Gasteiger partial charge >= 0.3 is 0 Å². The van der Waals surface area contributed by atoms with Gasteiger partial charge in [-0.1, -0.05) is 0 Å². The molecule has 0 aromatic carbocycles. The minimum absolute atomic E-state index is 0.0502. The summed E-state index contributed by atoms with van der Waals surface area (Å²) in [6, 6.07) is 4.92. The Kier molecular flexibility index (Phi) is 5.29. The molecule has 0 bridgehead atoms. The van der Waals surface area contributed by atoms with Crippen molar-refractivity contribution in [1.29, 1.82) is 0 Å². The van der Waals surface area contributed by atoms with Gasteiger partial charge in [-0.3, -0.25) is 14.3 Å². The fraction of sp³-hybridized carbons (Fsp3) is 0.444. The normalized spacial score (nSPS) is 15.4. The summed E-state index contributed by atoms with van der Waals surface area (Å²) in [4.78, 5) is 28.7. The molecule has 0 saturated carbocycles. The number of methoxy groups -OCH3 is 2. The number of amides is 2. The van der Waals surface area contributed by atoms with Crippen LogP contribution < -0.4 is 20.1 Å². The van der Waals surface area contributed by atoms with Gasteiger partial charge in [0, 0.05) is 24.2 Å². The van der Waals surface area contributed by atoms with Crippen molar-refractivity contribution < 1.29 is 19.1 Å². The third kappa shape index (κ3) is 4.02. The number of nitrogens with zero attached hydrogens (tertiary/aromatic N) is 3. The summed E-state index contributed by atoms with van der Waals surface area (Å²) in [5, 5.41) is 10.1. The standard InChI is InChI=1S/C18H23N5O4/c1-10(2)19-17(25)14-8-12-7-11(9-23(12)22-14)20-16(24)13-5-6-15(26-3)21-18(13)27-4/h5-6,8,10-11H,7,9H2,1-4H3,(H,19,25)(H,20,24)/t11-/m0/s1. The Bertz CT molecular complexity index is 838. The molecule has 144 valence electrons. The highest BCUT2D eigenvalue weighted by atomic mass is 16.5. The first-order valence-electron chi connectivity index (χ1n) is 8.68. The number of rotatable bonds is 6. The van der Waals surface area contributed by atoms with Crippen LogP contribution in [0.3, 0.4) is 0 Å². The SMILES string of the molecule is COc1ccc(C(=O)N[C@H]2Cc3cc(C(=O)NC(C)C)nn3C2)c(OC)n1. The minimum atomic E-state index is -0.282. The maximum absolute atomic E-state index is 12.6. The number of pyridine rings is 1. The lowest BCUT2D eigenvalue weighted by molar-refractivity contribution is 0.0921. The zero-order valence-electron chi connectivity index (χ0n) is 15.8. The van der Waals surface area contributed by atoms with E-state index in [1.54, 1.807) is 22.9 Å². The second-order valence-electron chi connectivity index (χ2n) is 6.62. The molecule has 0 radical (unpaired) electrons. The number of ether oxygens (including phenoxy) is 2. The number of hydrogen-bond acceptors (Lipinski definition) is 6. The van der Waals surface area contributed by atoms with Crippen LogP contribution in [0.1, 0.15) is 40.4 Å². The molecule has 0 fully saturated rings. The summed E-state index contributed by atoms with van der Waals surface area (Å²) in [7, 11) is 2.95. The summed E-state index contributed by atoms with van der Waals surface area (Å²) in [6.07, 6.45) is 0.597. The molecule has 2 amide bonds. The van der Waals surface area contributed by atoms with Crippen LogP contribution in [0.15, 0.2) is 18.2 Å². The summed E-state index contributed by atoms with van der Waals surface area (Å²) in [5.41, 5.74) is 1.64. The maximum atomic E-state index is 12.6. The molecule has 0 aliphatic carbocycles. The molecular weight excluding hydrogens is 350 g/mol. The highest BCUT2D eigenvalue weighted by molar-refractivity contribution is 5.96. The van der Waals surface area contributed by atoms with Crippen LogP contribution in [0.5, 0.6) is 11.8 Å². The first kappa shape index (κ1) is 18.7. The first-order valence-corrected chi connectivity index (χ1v) is 8.68. The molecule has 0 spiro atoms. The highest BCUT2D eigenvalue weighted by Gasteiger charge is 2.27. The molecule has 1 aliphatic rings. The van der Waals surface area contributed by atoms with Gasteiger partial charge in [0.25, 0.3) is 11.8 Å². The largest absolute Gasteiger partial charge is 0.481 e. The molecule has 9 heteroatoms. The van der Waals surface area contributed by atoms with Crippen LogP contribution in [-0.4, -0.2) is 52.9 Å². The molecule has 3 heterocycles. The Morgan fingerprint density at radius 2 is 2.00 bits per heavy atom. The molecule has 0 saturated heterocycles. The Labute approximate surface area is 157 Å². The summed E-state index contributed by atoms with van der Waals surface area (Å²) >= 11 is 0. The lowest BCUT2D eigenvalue weighted by Gasteiger charge is -2.14. The molecule has 1 aliphatic heterocycles. The van der Waals surface area contributed by atoms with E-state index in [-0.39, 0.29) is 29.8 Å². The van der Waals surface area contributed by atoms with E-state index in [9.17, 15) is 9.59 Å². The first-order chi connectivity index (χ1) is 12.9. The smallest absolute Gasteiger partial charge is 0.271 e. The second kappa shape index (κ2) is 7.65. The fourth-order valence-electron chi connectivity index (χ4n) is 2.98. The Balaban J connectivity index is 1.65. The lowest BCUT2D eigenvalue weighted by atomic mass is 10.1. The molecule has 1 atom stereocenters. The third-order valence-electron chi connectivity index (χ3n) is 4.18. The van der Waals surface area contributed by atoms with Crippen molar-refractivity contribution in [3.05, 3.63) is 35.2 Å². The summed E-state index contributed by atoms with van der Waals surface area (Å²) in [6.45, 7) is 4.30. The number of carbonyl (C=O) groups is 2. The summed E-state index contributed by atoms with van der Waals surface area (Å²) < 4.78 is 12.0. The van der Waals surface area contributed by atoms with Crippen LogP contribution in [0.2, 0.25) is 0 Å². The van der Waals surface area contributed by atoms with Crippen LogP contribution in [0.4, 0.5) is 0 Å². The molecular formula is C18H23N5O4. The topological polar surface area (TPSA) is 107 Å². The van der Waals surface area contributed by atoms with Gasteiger partial charge in [-0.2, -0.15) is 10.1 Å². The molecule has 3 rings (SSSR count). The predicted octanol–water partition coefficient (Wildman–Crippen LogP) is 0.788. The number of carbonyl (C=O) groups excluding carboxylic acids is 2. The van der Waals surface area contributed by atoms with Crippen LogP contribution in [0.25, 0.3) is 0 Å². The van der Waals surface area contributed by atoms with Crippen LogP contribution >= 0.6 is 0 Å². The zero-order valence-corrected chi connectivity index (χ0v) is 15.8. The Morgan fingerprint density at radius 3 is 2.63 bits per heavy atom. The van der Waals surface area contributed by atoms with Crippen molar-refractivity contribution >= 4 is 11.8 Å². The van der Waals surface area contributed by atoms with E-state index in [4.69, 9.17) is 9.47 Å². The molecule has 9 nitrogen and oxygen atoms in total. The molecule has 27 heavy (non-hydrogen) atoms. The van der Waals surface area contributed by atoms with E-state index >= 15 is 0 Å². The Hall–Kier alpha value is -3.10. The maximum Gasteiger partial charge on any atom is 0.271 e. The summed E-state index contributed by atoms with van der Waals surface area (Å²) in [5.74, 6) is 0.101. The van der Waals surface area contributed by atoms with Gasteiger partial charge in [0.15, 0.2) is 0 Å². The van der Waals surface area contributed by atoms with Crippen molar-refractivity contribution in [2.75, 3.05) is 14.2 Å². The zero-order chi connectivity index (χ0) is 19.6. The molecule has 2 aromatic rings. The molecule has 2 aromatic heterocycles. The van der Waals surface area contributed by atoms with Gasteiger partial charge in [-0.05, 0) is 26.0 Å². The van der Waals surface area contributed by atoms with E-state index < -0.39 is 0 Å². The highest BCUT2D eigenvalue weighted by Crippen LogP contribution is 2.21. The second-order valence-corrected chi connectivity index (χ2v) is 6.62. The van der Waals surface area contributed by atoms with E-state index in [2.05, 4.69) is 20.7 Å². The van der Waals surface area contributed by atoms with Crippen molar-refractivity contribution in [2.24, 2.45) is 0 Å². The van der Waals surface area contributed by atoms with Crippen LogP contribution in [-0.2, 0) is 13.0 Å². The van der Waals surface area contributed by atoms with Crippen molar-refractivity contribution in [2.45, 2.75) is 38.9 Å². The van der Waals surface area contributed by atoms with Gasteiger partial charge in [-0.25, -0.2) is 0 Å². The van der Waals surface area contributed by atoms with Gasteiger partial charge in [0.2, 0.25) is 11.8 Å².